The Morgan fingerprint density at radius 3 is 3.05 bits per heavy atom. The van der Waals surface area contributed by atoms with Crippen molar-refractivity contribution in [1.29, 1.82) is 0 Å². The van der Waals surface area contributed by atoms with Gasteiger partial charge in [0.25, 0.3) is 5.91 Å². The van der Waals surface area contributed by atoms with Crippen LogP contribution in [0.2, 0.25) is 5.02 Å². The number of amides is 1. The number of hydrogen-bond donors (Lipinski definition) is 1. The van der Waals surface area contributed by atoms with Gasteiger partial charge in [-0.3, -0.25) is 4.79 Å². The molecule has 4 nitrogen and oxygen atoms in total. The minimum atomic E-state index is -0.241. The Balaban J connectivity index is 1.80. The molecule has 0 saturated heterocycles. The number of nitrogens with zero attached hydrogens (tertiary/aromatic N) is 1. The molecule has 1 aliphatic rings. The maximum atomic E-state index is 11.7. The smallest absolute Gasteiger partial charge is 0.277 e. The first-order valence-corrected chi connectivity index (χ1v) is 7.65. The summed E-state index contributed by atoms with van der Waals surface area (Å²) in [6.45, 7) is 4.06. The Bertz CT molecular complexity index is 543. The number of ether oxygens (including phenoxy) is 1. The molecule has 1 aromatic rings. The van der Waals surface area contributed by atoms with Crippen molar-refractivity contribution in [2.75, 3.05) is 6.61 Å². The van der Waals surface area contributed by atoms with Crippen LogP contribution in [0.3, 0.4) is 0 Å². The molecule has 5 heteroatoms. The molecule has 1 amide bonds. The maximum Gasteiger partial charge on any atom is 0.277 e. The van der Waals surface area contributed by atoms with E-state index in [4.69, 9.17) is 16.3 Å². The van der Waals surface area contributed by atoms with Crippen molar-refractivity contribution in [3.8, 4) is 5.75 Å². The van der Waals surface area contributed by atoms with Crippen molar-refractivity contribution in [2.45, 2.75) is 39.5 Å². The summed E-state index contributed by atoms with van der Waals surface area (Å²) in [6.07, 6.45) is 4.33. The van der Waals surface area contributed by atoms with Gasteiger partial charge >= 0.3 is 0 Å². The summed E-state index contributed by atoms with van der Waals surface area (Å²) in [4.78, 5) is 11.7. The van der Waals surface area contributed by atoms with Crippen LogP contribution in [0.4, 0.5) is 0 Å². The molecule has 0 spiro atoms. The number of carbonyl (C=O) groups is 1. The van der Waals surface area contributed by atoms with E-state index in [1.807, 2.05) is 6.92 Å². The van der Waals surface area contributed by atoms with Crippen molar-refractivity contribution in [3.05, 3.63) is 28.8 Å². The third-order valence-electron chi connectivity index (χ3n) is 3.58. The van der Waals surface area contributed by atoms with Gasteiger partial charge in [0.1, 0.15) is 5.75 Å². The van der Waals surface area contributed by atoms with E-state index in [0.29, 0.717) is 16.7 Å². The van der Waals surface area contributed by atoms with Gasteiger partial charge in [-0.1, -0.05) is 18.5 Å². The number of halogens is 1. The Hall–Kier alpha value is -1.55. The molecule has 1 aromatic carbocycles. The van der Waals surface area contributed by atoms with Gasteiger partial charge < -0.3 is 4.74 Å². The number of hydrazone groups is 1. The van der Waals surface area contributed by atoms with Crippen LogP contribution in [0, 0.1) is 12.8 Å². The van der Waals surface area contributed by atoms with E-state index in [2.05, 4.69) is 17.5 Å². The second-order valence-electron chi connectivity index (χ2n) is 5.61. The Labute approximate surface area is 130 Å². The van der Waals surface area contributed by atoms with Crippen molar-refractivity contribution < 1.29 is 9.53 Å². The summed E-state index contributed by atoms with van der Waals surface area (Å²) in [7, 11) is 0. The lowest BCUT2D eigenvalue weighted by Crippen LogP contribution is -2.27. The molecule has 1 fully saturated rings. The van der Waals surface area contributed by atoms with Gasteiger partial charge in [-0.2, -0.15) is 5.10 Å². The summed E-state index contributed by atoms with van der Waals surface area (Å²) in [5, 5.41) is 4.85. The van der Waals surface area contributed by atoms with Crippen LogP contribution in [0.1, 0.15) is 38.2 Å². The number of nitrogens with one attached hydrogen (secondary N) is 1. The highest BCUT2D eigenvalue weighted by molar-refractivity contribution is 6.30. The Kier molecular flexibility index (Phi) is 5.62. The topological polar surface area (TPSA) is 50.7 Å². The molecule has 2 rings (SSSR count). The average Bonchev–Trinajstić information content (AvgIpc) is 2.44. The zero-order chi connectivity index (χ0) is 15.2. The summed E-state index contributed by atoms with van der Waals surface area (Å²) in [6, 6.07) is 5.31. The summed E-state index contributed by atoms with van der Waals surface area (Å²) in [5.74, 6) is 1.07. The van der Waals surface area contributed by atoms with E-state index >= 15 is 0 Å². The lowest BCUT2D eigenvalue weighted by molar-refractivity contribution is -0.123. The summed E-state index contributed by atoms with van der Waals surface area (Å²) in [5.41, 5.74) is 4.55. The minimum Gasteiger partial charge on any atom is -0.483 e. The summed E-state index contributed by atoms with van der Waals surface area (Å²) >= 11 is 5.87. The van der Waals surface area contributed by atoms with Gasteiger partial charge in [0.05, 0.1) is 0 Å². The number of carbonyl (C=O) groups excluding carboxylic acids is 1. The molecule has 0 aromatic heterocycles. The Morgan fingerprint density at radius 1 is 1.52 bits per heavy atom. The normalized spacial score (nSPS) is 20.3. The standard InChI is InChI=1S/C16H21ClN2O2/c1-11-4-3-5-14(8-11)18-19-16(20)10-21-15-7-6-13(17)9-12(15)2/h6-7,9,11H,3-5,8,10H2,1-2H3,(H,19,20). The highest BCUT2D eigenvalue weighted by Gasteiger charge is 2.14. The SMILES string of the molecule is Cc1cc(Cl)ccc1OCC(=O)NN=C1CCCC(C)C1. The van der Waals surface area contributed by atoms with Crippen LogP contribution in [-0.2, 0) is 4.79 Å². The molecule has 0 radical (unpaired) electrons. The first kappa shape index (κ1) is 15.8. The molecule has 0 bridgehead atoms. The van der Waals surface area contributed by atoms with Gasteiger partial charge in [0, 0.05) is 10.7 Å². The second kappa shape index (κ2) is 7.46. The highest BCUT2D eigenvalue weighted by atomic mass is 35.5. The fourth-order valence-electron chi connectivity index (χ4n) is 2.45. The lowest BCUT2D eigenvalue weighted by Gasteiger charge is -2.18. The molecule has 21 heavy (non-hydrogen) atoms. The average molecular weight is 309 g/mol. The lowest BCUT2D eigenvalue weighted by atomic mass is 9.89. The zero-order valence-corrected chi connectivity index (χ0v) is 13.2. The quantitative estimate of drug-likeness (QED) is 0.862. The third-order valence-corrected chi connectivity index (χ3v) is 3.82. The predicted octanol–water partition coefficient (Wildman–Crippen LogP) is 3.71. The minimum absolute atomic E-state index is 0.0468. The van der Waals surface area contributed by atoms with Crippen LogP contribution in [0.5, 0.6) is 5.75 Å². The fraction of sp³-hybridized carbons (Fsp3) is 0.500. The molecule has 0 aliphatic heterocycles. The van der Waals surface area contributed by atoms with Crippen LogP contribution >= 0.6 is 11.6 Å². The molecule has 1 saturated carbocycles. The summed E-state index contributed by atoms with van der Waals surface area (Å²) < 4.78 is 5.47. The molecule has 0 heterocycles. The predicted molar refractivity (Wildman–Crippen MR) is 84.9 cm³/mol. The van der Waals surface area contributed by atoms with Gasteiger partial charge in [0.15, 0.2) is 6.61 Å². The largest absolute Gasteiger partial charge is 0.483 e. The monoisotopic (exact) mass is 308 g/mol. The van der Waals surface area contributed by atoms with Gasteiger partial charge in [0.2, 0.25) is 0 Å². The highest BCUT2D eigenvalue weighted by Crippen LogP contribution is 2.22. The van der Waals surface area contributed by atoms with E-state index in [0.717, 1.165) is 30.5 Å². The van der Waals surface area contributed by atoms with Crippen molar-refractivity contribution >= 4 is 23.2 Å². The number of benzene rings is 1. The molecule has 1 aliphatic carbocycles. The van der Waals surface area contributed by atoms with Crippen molar-refractivity contribution in [1.82, 2.24) is 5.43 Å². The Morgan fingerprint density at radius 2 is 2.33 bits per heavy atom. The van der Waals surface area contributed by atoms with Gasteiger partial charge in [-0.15, -0.1) is 0 Å². The number of aryl methyl sites for hydroxylation is 1. The van der Waals surface area contributed by atoms with Gasteiger partial charge in [-0.05, 0) is 62.3 Å². The molecule has 114 valence electrons. The van der Waals surface area contributed by atoms with Crippen LogP contribution in [-0.4, -0.2) is 18.2 Å². The van der Waals surface area contributed by atoms with Crippen LogP contribution < -0.4 is 10.2 Å². The molecule has 1 unspecified atom stereocenters. The van der Waals surface area contributed by atoms with E-state index in [-0.39, 0.29) is 12.5 Å². The number of hydrogen-bond acceptors (Lipinski definition) is 3. The molecule has 1 N–H and O–H groups in total. The first-order valence-electron chi connectivity index (χ1n) is 7.28. The van der Waals surface area contributed by atoms with Crippen LogP contribution in [0.25, 0.3) is 0 Å². The maximum absolute atomic E-state index is 11.7. The molecule has 1 atom stereocenters. The van der Waals surface area contributed by atoms with E-state index in [1.54, 1.807) is 18.2 Å². The first-order chi connectivity index (χ1) is 10.0. The second-order valence-corrected chi connectivity index (χ2v) is 6.05. The molecular weight excluding hydrogens is 288 g/mol. The van der Waals surface area contributed by atoms with Gasteiger partial charge in [-0.25, -0.2) is 5.43 Å². The van der Waals surface area contributed by atoms with Crippen molar-refractivity contribution in [2.24, 2.45) is 11.0 Å². The fourth-order valence-corrected chi connectivity index (χ4v) is 2.68. The van der Waals surface area contributed by atoms with Crippen LogP contribution in [0.15, 0.2) is 23.3 Å². The zero-order valence-electron chi connectivity index (χ0n) is 12.5. The third kappa shape index (κ3) is 5.05. The van der Waals surface area contributed by atoms with E-state index in [1.165, 1.54) is 6.42 Å². The van der Waals surface area contributed by atoms with E-state index in [9.17, 15) is 4.79 Å². The number of rotatable bonds is 4. The molecular formula is C16H21ClN2O2. The van der Waals surface area contributed by atoms with Crippen molar-refractivity contribution in [3.63, 3.8) is 0 Å². The van der Waals surface area contributed by atoms with E-state index < -0.39 is 0 Å².